The molecule has 1 aromatic heterocycles. The molecule has 7 nitrogen and oxygen atoms in total. The van der Waals surface area contributed by atoms with Gasteiger partial charge >= 0.3 is 6.03 Å². The predicted octanol–water partition coefficient (Wildman–Crippen LogP) is 1.22. The molecular formula is C17H30N6O. The van der Waals surface area contributed by atoms with Crippen molar-refractivity contribution >= 4 is 11.8 Å². The molecule has 3 N–H and O–H groups in total. The molecule has 2 unspecified atom stereocenters. The maximum absolute atomic E-state index is 12.7. The van der Waals surface area contributed by atoms with Crippen LogP contribution in [0.5, 0.6) is 0 Å². The Hall–Kier alpha value is -1.76. The normalized spacial score (nSPS) is 25.0. The van der Waals surface area contributed by atoms with E-state index < -0.39 is 0 Å². The lowest BCUT2D eigenvalue weighted by atomic mass is 10.0. The van der Waals surface area contributed by atoms with Crippen LogP contribution in [0.2, 0.25) is 0 Å². The molecule has 2 fully saturated rings. The van der Waals surface area contributed by atoms with Crippen molar-refractivity contribution in [1.29, 1.82) is 0 Å². The third-order valence-corrected chi connectivity index (χ3v) is 5.21. The number of anilines is 1. The monoisotopic (exact) mass is 334 g/mol. The largest absolute Gasteiger partial charge is 0.355 e. The second kappa shape index (κ2) is 7.42. The molecule has 24 heavy (non-hydrogen) atoms. The summed E-state index contributed by atoms with van der Waals surface area (Å²) in [6.07, 6.45) is 5.38. The summed E-state index contributed by atoms with van der Waals surface area (Å²) >= 11 is 0. The Balaban J connectivity index is 1.60. The standard InChI is InChI=1S/C17H30N6O/c1-13-10-16(21(2)20-13)22-8-5-6-14(12-22)19-17(24)23-9-4-3-7-15(23)11-18/h10,14-15H,3-9,11-12,18H2,1-2H3,(H,19,24). The maximum Gasteiger partial charge on any atom is 0.317 e. The molecule has 0 bridgehead atoms. The minimum absolute atomic E-state index is 0.0539. The smallest absolute Gasteiger partial charge is 0.317 e. The van der Waals surface area contributed by atoms with Gasteiger partial charge < -0.3 is 20.9 Å². The first-order chi connectivity index (χ1) is 11.6. The number of carbonyl (C=O) groups excluding carboxylic acids is 1. The van der Waals surface area contributed by atoms with Gasteiger partial charge in [0.15, 0.2) is 0 Å². The highest BCUT2D eigenvalue weighted by Gasteiger charge is 2.29. The number of carbonyl (C=O) groups is 1. The van der Waals surface area contributed by atoms with Crippen LogP contribution in [0.3, 0.4) is 0 Å². The molecule has 0 spiro atoms. The molecule has 2 aliphatic rings. The SMILES string of the molecule is Cc1cc(N2CCCC(NC(=O)N3CCCCC3CN)C2)n(C)n1. The Morgan fingerprint density at radius 2 is 2.17 bits per heavy atom. The van der Waals surface area contributed by atoms with E-state index in [1.807, 2.05) is 23.6 Å². The molecule has 1 aromatic rings. The number of rotatable bonds is 3. The topological polar surface area (TPSA) is 79.4 Å². The van der Waals surface area contributed by atoms with Crippen LogP contribution >= 0.6 is 0 Å². The van der Waals surface area contributed by atoms with Crippen LogP contribution < -0.4 is 16.0 Å². The van der Waals surface area contributed by atoms with Crippen molar-refractivity contribution in [3.8, 4) is 0 Å². The van der Waals surface area contributed by atoms with Crippen molar-refractivity contribution in [3.05, 3.63) is 11.8 Å². The van der Waals surface area contributed by atoms with Gasteiger partial charge in [0.05, 0.1) is 5.69 Å². The summed E-state index contributed by atoms with van der Waals surface area (Å²) in [4.78, 5) is 16.9. The van der Waals surface area contributed by atoms with Crippen molar-refractivity contribution < 1.29 is 4.79 Å². The fraction of sp³-hybridized carbons (Fsp3) is 0.765. The van der Waals surface area contributed by atoms with Crippen molar-refractivity contribution in [1.82, 2.24) is 20.0 Å². The van der Waals surface area contributed by atoms with Gasteiger partial charge in [-0.3, -0.25) is 4.68 Å². The molecule has 2 atom stereocenters. The van der Waals surface area contributed by atoms with Crippen molar-refractivity contribution in [2.45, 2.75) is 51.1 Å². The lowest BCUT2D eigenvalue weighted by Gasteiger charge is -2.38. The number of urea groups is 1. The first-order valence-corrected chi connectivity index (χ1v) is 9.11. The van der Waals surface area contributed by atoms with Crippen LogP contribution in [-0.2, 0) is 7.05 Å². The van der Waals surface area contributed by atoms with Gasteiger partial charge in [0.1, 0.15) is 5.82 Å². The average Bonchev–Trinajstić information content (AvgIpc) is 2.93. The number of hydrogen-bond acceptors (Lipinski definition) is 4. The second-order valence-electron chi connectivity index (χ2n) is 7.08. The fourth-order valence-corrected chi connectivity index (χ4v) is 3.97. The fourth-order valence-electron chi connectivity index (χ4n) is 3.97. The molecule has 0 aromatic carbocycles. The molecule has 0 aliphatic carbocycles. The summed E-state index contributed by atoms with van der Waals surface area (Å²) in [5.74, 6) is 1.13. The molecule has 7 heteroatoms. The predicted molar refractivity (Wildman–Crippen MR) is 95.1 cm³/mol. The first kappa shape index (κ1) is 17.1. The Bertz CT molecular complexity index is 571. The number of piperidine rings is 2. The quantitative estimate of drug-likeness (QED) is 0.871. The van der Waals surface area contributed by atoms with E-state index in [1.54, 1.807) is 0 Å². The number of nitrogens with zero attached hydrogens (tertiary/aromatic N) is 4. The minimum Gasteiger partial charge on any atom is -0.355 e. The Morgan fingerprint density at radius 1 is 1.33 bits per heavy atom. The number of aryl methyl sites for hydroxylation is 2. The second-order valence-corrected chi connectivity index (χ2v) is 7.08. The molecule has 0 saturated carbocycles. The van der Waals surface area contributed by atoms with E-state index in [0.717, 1.165) is 56.8 Å². The van der Waals surface area contributed by atoms with Gasteiger partial charge in [0.25, 0.3) is 0 Å². The molecule has 2 aliphatic heterocycles. The first-order valence-electron chi connectivity index (χ1n) is 9.11. The van der Waals surface area contributed by atoms with Gasteiger partial charge in [0, 0.05) is 51.4 Å². The van der Waals surface area contributed by atoms with Gasteiger partial charge in [-0.1, -0.05) is 0 Å². The van der Waals surface area contributed by atoms with Crippen LogP contribution in [-0.4, -0.2) is 59.0 Å². The molecule has 134 valence electrons. The summed E-state index contributed by atoms with van der Waals surface area (Å²) in [7, 11) is 1.98. The van der Waals surface area contributed by atoms with Crippen molar-refractivity contribution in [3.63, 3.8) is 0 Å². The number of amides is 2. The highest BCUT2D eigenvalue weighted by atomic mass is 16.2. The van der Waals surface area contributed by atoms with Crippen molar-refractivity contribution in [2.75, 3.05) is 31.1 Å². The number of nitrogens with one attached hydrogen (secondary N) is 1. The van der Waals surface area contributed by atoms with Gasteiger partial charge in [-0.25, -0.2) is 4.79 Å². The molecule has 3 rings (SSSR count). The molecule has 2 saturated heterocycles. The zero-order chi connectivity index (χ0) is 17.1. The Kier molecular flexibility index (Phi) is 5.28. The van der Waals surface area contributed by atoms with E-state index in [4.69, 9.17) is 5.73 Å². The Morgan fingerprint density at radius 3 is 2.88 bits per heavy atom. The molecular weight excluding hydrogens is 304 g/mol. The van der Waals surface area contributed by atoms with E-state index in [9.17, 15) is 4.79 Å². The third-order valence-electron chi connectivity index (χ3n) is 5.21. The zero-order valence-corrected chi connectivity index (χ0v) is 14.9. The van der Waals surface area contributed by atoms with E-state index in [-0.39, 0.29) is 18.1 Å². The van der Waals surface area contributed by atoms with Gasteiger partial charge in [-0.15, -0.1) is 0 Å². The van der Waals surface area contributed by atoms with E-state index in [0.29, 0.717) is 6.54 Å². The van der Waals surface area contributed by atoms with Crippen molar-refractivity contribution in [2.24, 2.45) is 12.8 Å². The van der Waals surface area contributed by atoms with Crippen LogP contribution in [0.1, 0.15) is 37.8 Å². The maximum atomic E-state index is 12.7. The summed E-state index contributed by atoms with van der Waals surface area (Å²) in [5, 5.41) is 7.67. The lowest BCUT2D eigenvalue weighted by Crippen LogP contribution is -2.56. The van der Waals surface area contributed by atoms with Crippen LogP contribution in [0, 0.1) is 6.92 Å². The zero-order valence-electron chi connectivity index (χ0n) is 14.9. The minimum atomic E-state index is 0.0539. The summed E-state index contributed by atoms with van der Waals surface area (Å²) in [6, 6.07) is 2.54. The van der Waals surface area contributed by atoms with Gasteiger partial charge in [-0.05, 0) is 39.0 Å². The number of aromatic nitrogens is 2. The lowest BCUT2D eigenvalue weighted by molar-refractivity contribution is 0.149. The highest BCUT2D eigenvalue weighted by molar-refractivity contribution is 5.75. The van der Waals surface area contributed by atoms with Crippen LogP contribution in [0.15, 0.2) is 6.07 Å². The summed E-state index contributed by atoms with van der Waals surface area (Å²) in [6.45, 7) is 5.24. The summed E-state index contributed by atoms with van der Waals surface area (Å²) in [5.41, 5.74) is 6.87. The molecule has 0 radical (unpaired) electrons. The van der Waals surface area contributed by atoms with E-state index >= 15 is 0 Å². The van der Waals surface area contributed by atoms with E-state index in [2.05, 4.69) is 21.4 Å². The number of nitrogens with two attached hydrogens (primary N) is 1. The molecule has 2 amide bonds. The molecule has 3 heterocycles. The Labute approximate surface area is 144 Å². The van der Waals surface area contributed by atoms with Crippen LogP contribution in [0.25, 0.3) is 0 Å². The van der Waals surface area contributed by atoms with Gasteiger partial charge in [-0.2, -0.15) is 5.10 Å². The highest BCUT2D eigenvalue weighted by Crippen LogP contribution is 2.21. The van der Waals surface area contributed by atoms with Crippen LogP contribution in [0.4, 0.5) is 10.6 Å². The average molecular weight is 334 g/mol. The number of hydrogen-bond donors (Lipinski definition) is 2. The van der Waals surface area contributed by atoms with E-state index in [1.165, 1.54) is 6.42 Å². The summed E-state index contributed by atoms with van der Waals surface area (Å²) < 4.78 is 1.93. The van der Waals surface area contributed by atoms with Gasteiger partial charge in [0.2, 0.25) is 0 Å². The third kappa shape index (κ3) is 3.66. The number of likely N-dealkylation sites (tertiary alicyclic amines) is 1.